The number of para-hydroxylation sites is 1. The van der Waals surface area contributed by atoms with Crippen molar-refractivity contribution in [2.45, 2.75) is 19.5 Å². The molecule has 1 fully saturated rings. The standard InChI is InChI=1S/C26H28FN5O3/c27-20-8-6-19(7-9-20)17-31-23-5-2-1-4-21(23)22-16-29-32(26(34)25(22)31)18-24(33)28-10-3-11-30-12-14-35-15-13-30/h1-2,4-9,16H,3,10-15,17-18H2,(H,28,33). The van der Waals surface area contributed by atoms with Crippen molar-refractivity contribution in [3.05, 3.63) is 76.5 Å². The number of hydrogen-bond donors (Lipinski definition) is 1. The summed E-state index contributed by atoms with van der Waals surface area (Å²) in [5.41, 5.74) is 1.90. The number of hydrogen-bond acceptors (Lipinski definition) is 5. The highest BCUT2D eigenvalue weighted by molar-refractivity contribution is 6.07. The predicted molar refractivity (Wildman–Crippen MR) is 132 cm³/mol. The lowest BCUT2D eigenvalue weighted by atomic mass is 10.2. The topological polar surface area (TPSA) is 81.4 Å². The summed E-state index contributed by atoms with van der Waals surface area (Å²) in [6.07, 6.45) is 2.48. The third kappa shape index (κ3) is 5.11. The van der Waals surface area contributed by atoms with E-state index >= 15 is 0 Å². The zero-order valence-corrected chi connectivity index (χ0v) is 19.5. The molecule has 9 heteroatoms. The second-order valence-corrected chi connectivity index (χ2v) is 8.76. The van der Waals surface area contributed by atoms with Crippen molar-refractivity contribution < 1.29 is 13.9 Å². The van der Waals surface area contributed by atoms with E-state index in [1.807, 2.05) is 28.8 Å². The van der Waals surface area contributed by atoms with Gasteiger partial charge >= 0.3 is 0 Å². The lowest BCUT2D eigenvalue weighted by Gasteiger charge is -2.26. The van der Waals surface area contributed by atoms with Gasteiger partial charge in [-0.2, -0.15) is 5.10 Å². The van der Waals surface area contributed by atoms with Crippen molar-refractivity contribution in [2.24, 2.45) is 0 Å². The van der Waals surface area contributed by atoms with E-state index in [0.29, 0.717) is 18.6 Å². The molecule has 2 aromatic carbocycles. The zero-order valence-electron chi connectivity index (χ0n) is 19.5. The number of nitrogens with one attached hydrogen (secondary N) is 1. The molecule has 1 aliphatic heterocycles. The van der Waals surface area contributed by atoms with Crippen molar-refractivity contribution >= 4 is 27.7 Å². The number of amides is 1. The van der Waals surface area contributed by atoms with Crippen molar-refractivity contribution in [3.63, 3.8) is 0 Å². The van der Waals surface area contributed by atoms with E-state index in [1.165, 1.54) is 16.8 Å². The third-order valence-electron chi connectivity index (χ3n) is 6.40. The number of carbonyl (C=O) groups is 1. The minimum absolute atomic E-state index is 0.148. The van der Waals surface area contributed by atoms with Gasteiger partial charge in [0.15, 0.2) is 0 Å². The Bertz CT molecular complexity index is 1390. The lowest BCUT2D eigenvalue weighted by molar-refractivity contribution is -0.121. The van der Waals surface area contributed by atoms with Crippen LogP contribution >= 0.6 is 0 Å². The molecule has 4 aromatic rings. The minimum Gasteiger partial charge on any atom is -0.379 e. The molecule has 0 spiro atoms. The summed E-state index contributed by atoms with van der Waals surface area (Å²) in [6, 6.07) is 14.0. The highest BCUT2D eigenvalue weighted by atomic mass is 19.1. The van der Waals surface area contributed by atoms with Gasteiger partial charge in [-0.15, -0.1) is 0 Å². The van der Waals surface area contributed by atoms with Crippen LogP contribution in [0.15, 0.2) is 59.5 Å². The van der Waals surface area contributed by atoms with Crippen LogP contribution in [0.1, 0.15) is 12.0 Å². The summed E-state index contributed by atoms with van der Waals surface area (Å²) < 4.78 is 21.9. The van der Waals surface area contributed by atoms with Gasteiger partial charge in [0.1, 0.15) is 17.9 Å². The number of morpholine rings is 1. The molecule has 1 amide bonds. The van der Waals surface area contributed by atoms with Gasteiger partial charge in [-0.05, 0) is 36.7 Å². The summed E-state index contributed by atoms with van der Waals surface area (Å²) in [5, 5.41) is 8.82. The van der Waals surface area contributed by atoms with Crippen molar-refractivity contribution in [1.29, 1.82) is 0 Å². The fourth-order valence-corrected chi connectivity index (χ4v) is 4.59. The third-order valence-corrected chi connectivity index (χ3v) is 6.40. The Labute approximate surface area is 201 Å². The summed E-state index contributed by atoms with van der Waals surface area (Å²) in [7, 11) is 0. The molecule has 1 saturated heterocycles. The number of nitrogens with zero attached hydrogens (tertiary/aromatic N) is 4. The van der Waals surface area contributed by atoms with Crippen LogP contribution in [0.4, 0.5) is 4.39 Å². The number of fused-ring (bicyclic) bond motifs is 3. The Kier molecular flexibility index (Phi) is 6.87. The number of carbonyl (C=O) groups excluding carboxylic acids is 1. The first-order valence-corrected chi connectivity index (χ1v) is 11.9. The van der Waals surface area contributed by atoms with Gasteiger partial charge in [0.2, 0.25) is 5.91 Å². The van der Waals surface area contributed by atoms with Crippen LogP contribution in [0.2, 0.25) is 0 Å². The minimum atomic E-state index is -0.329. The molecular weight excluding hydrogens is 449 g/mol. The molecule has 0 saturated carbocycles. The largest absolute Gasteiger partial charge is 0.379 e. The molecule has 0 atom stereocenters. The monoisotopic (exact) mass is 477 g/mol. The van der Waals surface area contributed by atoms with Gasteiger partial charge < -0.3 is 14.6 Å². The molecule has 0 aliphatic carbocycles. The van der Waals surface area contributed by atoms with Crippen molar-refractivity contribution in [3.8, 4) is 0 Å². The molecule has 2 aromatic heterocycles. The molecule has 3 heterocycles. The maximum absolute atomic E-state index is 13.5. The molecule has 1 aliphatic rings. The predicted octanol–water partition coefficient (Wildman–Crippen LogP) is 2.38. The van der Waals surface area contributed by atoms with Crippen LogP contribution in [0, 0.1) is 5.82 Å². The number of benzene rings is 2. The van der Waals surface area contributed by atoms with Gasteiger partial charge in [-0.3, -0.25) is 14.5 Å². The molecule has 5 rings (SSSR count). The normalized spacial score (nSPS) is 14.5. The summed E-state index contributed by atoms with van der Waals surface area (Å²) in [5.74, 6) is -0.555. The SMILES string of the molecule is O=C(Cn1ncc2c3ccccc3n(Cc3ccc(F)cc3)c2c1=O)NCCCN1CCOCC1. The van der Waals surface area contributed by atoms with Gasteiger partial charge in [0, 0.05) is 42.5 Å². The van der Waals surface area contributed by atoms with Gasteiger partial charge in [0.25, 0.3) is 5.56 Å². The summed E-state index contributed by atoms with van der Waals surface area (Å²) in [4.78, 5) is 28.3. The Balaban J connectivity index is 1.35. The molecule has 0 unspecified atom stereocenters. The second kappa shape index (κ2) is 10.4. The Morgan fingerprint density at radius 3 is 2.63 bits per heavy atom. The van der Waals surface area contributed by atoms with E-state index in [0.717, 1.165) is 61.1 Å². The fraction of sp³-hybridized carbons (Fsp3) is 0.346. The zero-order chi connectivity index (χ0) is 24.2. The van der Waals surface area contributed by atoms with Gasteiger partial charge in [0.05, 0.1) is 19.4 Å². The summed E-state index contributed by atoms with van der Waals surface area (Å²) in [6.45, 7) is 5.03. The van der Waals surface area contributed by atoms with Gasteiger partial charge in [-0.25, -0.2) is 9.07 Å². The van der Waals surface area contributed by atoms with Crippen LogP contribution in [-0.4, -0.2) is 64.5 Å². The number of halogens is 1. The molecule has 182 valence electrons. The van der Waals surface area contributed by atoms with E-state index in [9.17, 15) is 14.0 Å². The number of ether oxygens (including phenoxy) is 1. The highest BCUT2D eigenvalue weighted by Gasteiger charge is 2.17. The summed E-state index contributed by atoms with van der Waals surface area (Å²) >= 11 is 0. The second-order valence-electron chi connectivity index (χ2n) is 8.76. The first-order valence-electron chi connectivity index (χ1n) is 11.9. The van der Waals surface area contributed by atoms with Gasteiger partial charge in [-0.1, -0.05) is 30.3 Å². The number of aromatic nitrogens is 3. The van der Waals surface area contributed by atoms with Crippen molar-refractivity contribution in [1.82, 2.24) is 24.6 Å². The molecular formula is C26H28FN5O3. The quantitative estimate of drug-likeness (QED) is 0.394. The Morgan fingerprint density at radius 1 is 1.06 bits per heavy atom. The molecule has 8 nitrogen and oxygen atoms in total. The van der Waals surface area contributed by atoms with E-state index in [1.54, 1.807) is 18.3 Å². The maximum atomic E-state index is 13.5. The van der Waals surface area contributed by atoms with E-state index in [-0.39, 0.29) is 23.8 Å². The smallest absolute Gasteiger partial charge is 0.291 e. The van der Waals surface area contributed by atoms with Crippen LogP contribution in [-0.2, 0) is 22.6 Å². The van der Waals surface area contributed by atoms with E-state index < -0.39 is 0 Å². The lowest BCUT2D eigenvalue weighted by Crippen LogP contribution is -2.39. The average molecular weight is 478 g/mol. The highest BCUT2D eigenvalue weighted by Crippen LogP contribution is 2.27. The van der Waals surface area contributed by atoms with Crippen LogP contribution in [0.25, 0.3) is 21.8 Å². The maximum Gasteiger partial charge on any atom is 0.291 e. The molecule has 35 heavy (non-hydrogen) atoms. The Hall–Kier alpha value is -3.56. The van der Waals surface area contributed by atoms with E-state index in [2.05, 4.69) is 15.3 Å². The van der Waals surface area contributed by atoms with E-state index in [4.69, 9.17) is 4.74 Å². The van der Waals surface area contributed by atoms with Crippen molar-refractivity contribution in [2.75, 3.05) is 39.4 Å². The fourth-order valence-electron chi connectivity index (χ4n) is 4.59. The van der Waals surface area contributed by atoms with Crippen LogP contribution in [0.5, 0.6) is 0 Å². The average Bonchev–Trinajstić information content (AvgIpc) is 3.20. The Morgan fingerprint density at radius 2 is 1.83 bits per heavy atom. The number of rotatable bonds is 8. The molecule has 0 radical (unpaired) electrons. The first kappa shape index (κ1) is 23.2. The first-order chi connectivity index (χ1) is 17.1. The van der Waals surface area contributed by atoms with Crippen LogP contribution in [0.3, 0.4) is 0 Å². The molecule has 0 bridgehead atoms. The molecule has 1 N–H and O–H groups in total. The van der Waals surface area contributed by atoms with Crippen LogP contribution < -0.4 is 10.9 Å².